The van der Waals surface area contributed by atoms with Crippen LogP contribution in [-0.4, -0.2) is 45.9 Å². The van der Waals surface area contributed by atoms with E-state index < -0.39 is 0 Å². The molecule has 0 aromatic carbocycles. The Morgan fingerprint density at radius 2 is 2.14 bits per heavy atom. The molecule has 0 atom stereocenters. The van der Waals surface area contributed by atoms with Gasteiger partial charge in [0.15, 0.2) is 5.78 Å². The molecule has 6 heteroatoms. The van der Waals surface area contributed by atoms with Crippen molar-refractivity contribution < 1.29 is 4.79 Å². The third-order valence-electron chi connectivity index (χ3n) is 3.98. The van der Waals surface area contributed by atoms with E-state index in [1.165, 1.54) is 12.8 Å². The number of likely N-dealkylation sites (N-methyl/N-ethyl adjacent to an activating group) is 1. The van der Waals surface area contributed by atoms with E-state index in [1.54, 1.807) is 6.20 Å². The van der Waals surface area contributed by atoms with Gasteiger partial charge in [-0.25, -0.2) is 4.98 Å². The number of aromatic nitrogens is 3. The van der Waals surface area contributed by atoms with Gasteiger partial charge in [0, 0.05) is 17.6 Å². The summed E-state index contributed by atoms with van der Waals surface area (Å²) in [5, 5.41) is 1.11. The molecular weight excluding hydrogens is 288 g/mol. The topological polar surface area (TPSA) is 51.0 Å². The standard InChI is InChI=1S/C15H19ClN4O/c1-19(2)9-13(21)12-7-10-8-17-15(16)18-14(10)20(12)11-5-3-4-6-11/h7-8,11H,3-6,9H2,1-2H3. The fourth-order valence-corrected chi connectivity index (χ4v) is 3.23. The Kier molecular flexibility index (Phi) is 3.95. The zero-order chi connectivity index (χ0) is 15.0. The highest BCUT2D eigenvalue weighted by Crippen LogP contribution is 2.34. The van der Waals surface area contributed by atoms with Crippen LogP contribution in [0.5, 0.6) is 0 Å². The number of Topliss-reactive ketones (excluding diaryl/α,β-unsaturated/α-hetero) is 1. The minimum absolute atomic E-state index is 0.112. The summed E-state index contributed by atoms with van der Waals surface area (Å²) in [6.07, 6.45) is 6.28. The average Bonchev–Trinajstić information content (AvgIpc) is 3.03. The molecule has 5 nitrogen and oxygen atoms in total. The molecule has 1 aliphatic rings. The van der Waals surface area contributed by atoms with Crippen molar-refractivity contribution in [2.75, 3.05) is 20.6 Å². The second-order valence-electron chi connectivity index (χ2n) is 5.92. The highest BCUT2D eigenvalue weighted by atomic mass is 35.5. The van der Waals surface area contributed by atoms with E-state index in [4.69, 9.17) is 11.6 Å². The fourth-order valence-electron chi connectivity index (χ4n) is 3.10. The summed E-state index contributed by atoms with van der Waals surface area (Å²) in [5.74, 6) is 0.112. The van der Waals surface area contributed by atoms with Crippen molar-refractivity contribution in [3.8, 4) is 0 Å². The second-order valence-corrected chi connectivity index (χ2v) is 6.25. The van der Waals surface area contributed by atoms with Gasteiger partial charge in [0.25, 0.3) is 0 Å². The van der Waals surface area contributed by atoms with Crippen molar-refractivity contribution in [2.24, 2.45) is 0 Å². The normalized spacial score (nSPS) is 16.2. The van der Waals surface area contributed by atoms with Crippen molar-refractivity contribution in [3.63, 3.8) is 0 Å². The van der Waals surface area contributed by atoms with E-state index >= 15 is 0 Å². The Morgan fingerprint density at radius 1 is 1.43 bits per heavy atom. The molecule has 3 rings (SSSR count). The molecule has 112 valence electrons. The number of carbonyl (C=O) groups is 1. The lowest BCUT2D eigenvalue weighted by Crippen LogP contribution is -2.24. The van der Waals surface area contributed by atoms with Gasteiger partial charge in [-0.3, -0.25) is 4.79 Å². The largest absolute Gasteiger partial charge is 0.320 e. The third-order valence-corrected chi connectivity index (χ3v) is 4.16. The number of fused-ring (bicyclic) bond motifs is 1. The first-order valence-corrected chi connectivity index (χ1v) is 7.65. The molecule has 2 aromatic rings. The Morgan fingerprint density at radius 3 is 2.81 bits per heavy atom. The monoisotopic (exact) mass is 306 g/mol. The number of ketones is 1. The molecule has 21 heavy (non-hydrogen) atoms. The number of nitrogens with zero attached hydrogens (tertiary/aromatic N) is 4. The van der Waals surface area contributed by atoms with Crippen LogP contribution in [0.2, 0.25) is 5.28 Å². The van der Waals surface area contributed by atoms with Crippen LogP contribution < -0.4 is 0 Å². The Balaban J connectivity index is 2.13. The molecule has 0 unspecified atom stereocenters. The fraction of sp³-hybridized carbons (Fsp3) is 0.533. The van der Waals surface area contributed by atoms with E-state index in [9.17, 15) is 4.79 Å². The number of hydrogen-bond acceptors (Lipinski definition) is 4. The van der Waals surface area contributed by atoms with Crippen molar-refractivity contribution in [3.05, 3.63) is 23.2 Å². The molecule has 0 aliphatic heterocycles. The van der Waals surface area contributed by atoms with Gasteiger partial charge in [-0.05, 0) is 44.6 Å². The highest BCUT2D eigenvalue weighted by molar-refractivity contribution is 6.28. The summed E-state index contributed by atoms with van der Waals surface area (Å²) < 4.78 is 2.09. The second kappa shape index (κ2) is 5.73. The van der Waals surface area contributed by atoms with Gasteiger partial charge in [0.2, 0.25) is 5.28 Å². The summed E-state index contributed by atoms with van der Waals surface area (Å²) in [6.45, 7) is 0.393. The van der Waals surface area contributed by atoms with Gasteiger partial charge in [-0.1, -0.05) is 12.8 Å². The van der Waals surface area contributed by atoms with E-state index in [0.717, 1.165) is 29.6 Å². The molecular formula is C15H19ClN4O. The summed E-state index contributed by atoms with van der Waals surface area (Å²) in [5.41, 5.74) is 1.51. The van der Waals surface area contributed by atoms with Gasteiger partial charge in [-0.2, -0.15) is 4.98 Å². The summed E-state index contributed by atoms with van der Waals surface area (Å²) >= 11 is 5.94. The lowest BCUT2D eigenvalue weighted by molar-refractivity contribution is 0.0947. The van der Waals surface area contributed by atoms with Crippen LogP contribution in [0, 0.1) is 0 Å². The van der Waals surface area contributed by atoms with Crippen molar-refractivity contribution in [2.45, 2.75) is 31.7 Å². The Bertz CT molecular complexity index is 674. The summed E-state index contributed by atoms with van der Waals surface area (Å²) in [4.78, 5) is 22.8. The quantitative estimate of drug-likeness (QED) is 0.644. The van der Waals surface area contributed by atoms with Crippen LogP contribution in [0.25, 0.3) is 11.0 Å². The van der Waals surface area contributed by atoms with Crippen LogP contribution in [-0.2, 0) is 0 Å². The molecule has 1 fully saturated rings. The molecule has 1 aliphatic carbocycles. The molecule has 2 aromatic heterocycles. The van der Waals surface area contributed by atoms with Gasteiger partial charge in [-0.15, -0.1) is 0 Å². The molecule has 0 radical (unpaired) electrons. The first-order chi connectivity index (χ1) is 10.1. The first kappa shape index (κ1) is 14.5. The number of halogens is 1. The first-order valence-electron chi connectivity index (χ1n) is 7.27. The van der Waals surface area contributed by atoms with E-state index in [-0.39, 0.29) is 11.1 Å². The van der Waals surface area contributed by atoms with Crippen molar-refractivity contribution >= 4 is 28.4 Å². The van der Waals surface area contributed by atoms with E-state index in [1.807, 2.05) is 25.1 Å². The molecule has 0 spiro atoms. The molecule has 2 heterocycles. The number of carbonyl (C=O) groups excluding carboxylic acids is 1. The van der Waals surface area contributed by atoms with Crippen LogP contribution in [0.1, 0.15) is 42.2 Å². The zero-order valence-corrected chi connectivity index (χ0v) is 13.1. The van der Waals surface area contributed by atoms with Crippen molar-refractivity contribution in [1.29, 1.82) is 0 Å². The van der Waals surface area contributed by atoms with Gasteiger partial charge < -0.3 is 9.47 Å². The predicted octanol–water partition coefficient (Wildman–Crippen LogP) is 2.94. The predicted molar refractivity (Wildman–Crippen MR) is 82.9 cm³/mol. The molecule has 0 N–H and O–H groups in total. The molecule has 1 saturated carbocycles. The average molecular weight is 307 g/mol. The minimum atomic E-state index is 0.112. The number of rotatable bonds is 4. The van der Waals surface area contributed by atoms with E-state index in [0.29, 0.717) is 12.6 Å². The molecule has 0 amide bonds. The minimum Gasteiger partial charge on any atom is -0.320 e. The maximum absolute atomic E-state index is 12.5. The van der Waals surface area contributed by atoms with Crippen LogP contribution >= 0.6 is 11.6 Å². The van der Waals surface area contributed by atoms with Crippen LogP contribution in [0.15, 0.2) is 12.3 Å². The van der Waals surface area contributed by atoms with E-state index in [2.05, 4.69) is 14.5 Å². The van der Waals surface area contributed by atoms with Gasteiger partial charge >= 0.3 is 0 Å². The van der Waals surface area contributed by atoms with Gasteiger partial charge in [0.05, 0.1) is 12.2 Å². The highest BCUT2D eigenvalue weighted by Gasteiger charge is 2.25. The van der Waals surface area contributed by atoms with Gasteiger partial charge in [0.1, 0.15) is 5.65 Å². The van der Waals surface area contributed by atoms with Crippen LogP contribution in [0.4, 0.5) is 0 Å². The maximum atomic E-state index is 12.5. The SMILES string of the molecule is CN(C)CC(=O)c1cc2cnc(Cl)nc2n1C1CCCC1. The Hall–Kier alpha value is -1.46. The summed E-state index contributed by atoms with van der Waals surface area (Å²) in [6, 6.07) is 2.24. The number of hydrogen-bond donors (Lipinski definition) is 0. The van der Waals surface area contributed by atoms with Crippen LogP contribution in [0.3, 0.4) is 0 Å². The molecule has 0 bridgehead atoms. The third kappa shape index (κ3) is 2.80. The Labute approximate surface area is 128 Å². The smallest absolute Gasteiger partial charge is 0.224 e. The maximum Gasteiger partial charge on any atom is 0.224 e. The molecule has 0 saturated heterocycles. The lowest BCUT2D eigenvalue weighted by atomic mass is 10.2. The lowest BCUT2D eigenvalue weighted by Gasteiger charge is -2.17. The van der Waals surface area contributed by atoms with Crippen molar-refractivity contribution in [1.82, 2.24) is 19.4 Å². The zero-order valence-electron chi connectivity index (χ0n) is 12.3. The summed E-state index contributed by atoms with van der Waals surface area (Å²) in [7, 11) is 3.80.